The van der Waals surface area contributed by atoms with Crippen molar-refractivity contribution >= 4 is 28.4 Å². The number of carbonyl (C=O) groups excluding carboxylic acids is 2. The largest absolute Gasteiger partial charge is 0.352 e. The highest BCUT2D eigenvalue weighted by molar-refractivity contribution is 5.99. The maximum Gasteiger partial charge on any atom is 0.251 e. The van der Waals surface area contributed by atoms with Gasteiger partial charge < -0.3 is 10.6 Å². The van der Waals surface area contributed by atoms with E-state index >= 15 is 0 Å². The number of fused-ring (bicyclic) bond motifs is 1. The van der Waals surface area contributed by atoms with Gasteiger partial charge in [0.25, 0.3) is 5.91 Å². The number of benzene rings is 3. The normalized spacial score (nSPS) is 10.9. The fourth-order valence-electron chi connectivity index (χ4n) is 3.50. The summed E-state index contributed by atoms with van der Waals surface area (Å²) in [5.41, 5.74) is 1.32. The first-order chi connectivity index (χ1) is 15.9. The predicted molar refractivity (Wildman–Crippen MR) is 122 cm³/mol. The summed E-state index contributed by atoms with van der Waals surface area (Å²) in [4.78, 5) is 24.9. The van der Waals surface area contributed by atoms with Crippen LogP contribution >= 0.6 is 0 Å². The van der Waals surface area contributed by atoms with Crippen LogP contribution in [0.25, 0.3) is 10.8 Å². The first-order valence-corrected chi connectivity index (χ1v) is 10.4. The second-order valence-electron chi connectivity index (χ2n) is 7.69. The summed E-state index contributed by atoms with van der Waals surface area (Å²) >= 11 is 0. The van der Waals surface area contributed by atoms with E-state index in [2.05, 4.69) is 15.7 Å². The molecule has 0 atom stereocenters. The summed E-state index contributed by atoms with van der Waals surface area (Å²) < 4.78 is 28.9. The topological polar surface area (TPSA) is 76.0 Å². The Morgan fingerprint density at radius 3 is 2.61 bits per heavy atom. The third-order valence-electron chi connectivity index (χ3n) is 5.26. The highest BCUT2D eigenvalue weighted by Crippen LogP contribution is 2.19. The maximum atomic E-state index is 14.0. The molecule has 0 spiro atoms. The number of nitrogens with zero attached hydrogens (tertiary/aromatic N) is 2. The minimum absolute atomic E-state index is 0.0360. The average molecular weight is 448 g/mol. The second-order valence-corrected chi connectivity index (χ2v) is 7.69. The minimum Gasteiger partial charge on any atom is -0.352 e. The second kappa shape index (κ2) is 9.60. The van der Waals surface area contributed by atoms with Crippen LogP contribution < -0.4 is 10.6 Å². The molecular weight excluding hydrogens is 426 g/mol. The Bertz CT molecular complexity index is 1330. The lowest BCUT2D eigenvalue weighted by Crippen LogP contribution is -2.28. The first kappa shape index (κ1) is 22.1. The van der Waals surface area contributed by atoms with Gasteiger partial charge in [0.05, 0.1) is 12.7 Å². The molecule has 6 nitrogen and oxygen atoms in total. The van der Waals surface area contributed by atoms with E-state index in [-0.39, 0.29) is 36.9 Å². The molecule has 0 aliphatic heterocycles. The van der Waals surface area contributed by atoms with Crippen molar-refractivity contribution in [3.63, 3.8) is 0 Å². The number of halogens is 2. The van der Waals surface area contributed by atoms with Gasteiger partial charge in [0.2, 0.25) is 5.91 Å². The van der Waals surface area contributed by atoms with E-state index in [1.54, 1.807) is 19.1 Å². The molecule has 0 aliphatic rings. The molecule has 8 heteroatoms. The number of nitrogens with one attached hydrogen (secondary N) is 2. The highest BCUT2D eigenvalue weighted by Gasteiger charge is 2.14. The summed E-state index contributed by atoms with van der Waals surface area (Å²) in [7, 11) is 0. The number of hydrogen-bond donors (Lipinski definition) is 2. The third-order valence-corrected chi connectivity index (χ3v) is 5.26. The van der Waals surface area contributed by atoms with E-state index < -0.39 is 11.6 Å². The van der Waals surface area contributed by atoms with Crippen molar-refractivity contribution in [3.05, 3.63) is 95.2 Å². The predicted octanol–water partition coefficient (Wildman–Crippen LogP) is 4.43. The number of aromatic nitrogens is 2. The Morgan fingerprint density at radius 2 is 1.79 bits per heavy atom. The van der Waals surface area contributed by atoms with Crippen LogP contribution in [0.5, 0.6) is 0 Å². The van der Waals surface area contributed by atoms with Gasteiger partial charge in [-0.3, -0.25) is 9.59 Å². The van der Waals surface area contributed by atoms with Gasteiger partial charge in [-0.05, 0) is 48.0 Å². The molecule has 1 aromatic heterocycles. The molecule has 33 heavy (non-hydrogen) atoms. The first-order valence-electron chi connectivity index (χ1n) is 10.4. The molecule has 2 amide bonds. The van der Waals surface area contributed by atoms with Crippen molar-refractivity contribution in [2.45, 2.75) is 19.9 Å². The number of anilines is 1. The molecule has 4 aromatic rings. The van der Waals surface area contributed by atoms with Gasteiger partial charge in [-0.15, -0.1) is 0 Å². The van der Waals surface area contributed by atoms with Crippen LogP contribution in [0, 0.1) is 18.6 Å². The fourth-order valence-corrected chi connectivity index (χ4v) is 3.50. The van der Waals surface area contributed by atoms with Crippen LogP contribution in [0.4, 0.5) is 14.6 Å². The van der Waals surface area contributed by atoms with Crippen LogP contribution in [0.1, 0.15) is 27.9 Å². The standard InChI is InChI=1S/C25H22F2N4O2/c1-16-14-29-31(15-20-13-21(26)8-9-22(20)27)24(16)30-23(32)10-11-28-25(33)19-7-6-17-4-2-3-5-18(17)12-19/h2-9,12-14H,10-11,15H2,1H3,(H,28,33)(H,30,32). The van der Waals surface area contributed by atoms with Crippen LogP contribution in [0.15, 0.2) is 66.9 Å². The van der Waals surface area contributed by atoms with Gasteiger partial charge in [-0.1, -0.05) is 30.3 Å². The SMILES string of the molecule is Cc1cnn(Cc2cc(F)ccc2F)c1NC(=O)CCNC(=O)c1ccc2ccccc2c1. The highest BCUT2D eigenvalue weighted by atomic mass is 19.1. The van der Waals surface area contributed by atoms with E-state index in [0.717, 1.165) is 29.0 Å². The number of carbonyl (C=O) groups is 2. The van der Waals surface area contributed by atoms with Gasteiger partial charge in [0, 0.05) is 29.7 Å². The van der Waals surface area contributed by atoms with Crippen LogP contribution in [0.3, 0.4) is 0 Å². The number of amides is 2. The van der Waals surface area contributed by atoms with Gasteiger partial charge in [0.15, 0.2) is 0 Å². The summed E-state index contributed by atoms with van der Waals surface area (Å²) in [5, 5.41) is 11.6. The lowest BCUT2D eigenvalue weighted by molar-refractivity contribution is -0.116. The summed E-state index contributed by atoms with van der Waals surface area (Å²) in [6, 6.07) is 16.4. The molecule has 1 heterocycles. The van der Waals surface area contributed by atoms with Gasteiger partial charge in [-0.2, -0.15) is 5.10 Å². The summed E-state index contributed by atoms with van der Waals surface area (Å²) in [6.07, 6.45) is 1.58. The molecule has 0 saturated carbocycles. The van der Waals surface area contributed by atoms with Crippen LogP contribution in [-0.2, 0) is 11.3 Å². The monoisotopic (exact) mass is 448 g/mol. The number of aryl methyl sites for hydroxylation is 1. The van der Waals surface area contributed by atoms with E-state index in [9.17, 15) is 18.4 Å². The zero-order chi connectivity index (χ0) is 23.4. The van der Waals surface area contributed by atoms with E-state index in [1.807, 2.05) is 30.3 Å². The zero-order valence-corrected chi connectivity index (χ0v) is 17.9. The molecule has 168 valence electrons. The summed E-state index contributed by atoms with van der Waals surface area (Å²) in [5.74, 6) is -1.32. The minimum atomic E-state index is -0.557. The molecular formula is C25H22F2N4O2. The average Bonchev–Trinajstić information content (AvgIpc) is 3.14. The molecule has 0 unspecified atom stereocenters. The zero-order valence-electron chi connectivity index (χ0n) is 17.9. The number of hydrogen-bond acceptors (Lipinski definition) is 3. The van der Waals surface area contributed by atoms with E-state index in [0.29, 0.717) is 16.9 Å². The van der Waals surface area contributed by atoms with Crippen molar-refractivity contribution in [3.8, 4) is 0 Å². The molecule has 0 saturated heterocycles. The van der Waals surface area contributed by atoms with E-state index in [4.69, 9.17) is 0 Å². The van der Waals surface area contributed by atoms with E-state index in [1.165, 1.54) is 10.9 Å². The number of rotatable bonds is 7. The van der Waals surface area contributed by atoms with Gasteiger partial charge >= 0.3 is 0 Å². The Morgan fingerprint density at radius 1 is 1.00 bits per heavy atom. The molecule has 0 fully saturated rings. The smallest absolute Gasteiger partial charge is 0.251 e. The fraction of sp³-hybridized carbons (Fsp3) is 0.160. The Balaban J connectivity index is 1.35. The Hall–Kier alpha value is -4.07. The molecule has 0 bridgehead atoms. The molecule has 2 N–H and O–H groups in total. The van der Waals surface area contributed by atoms with Gasteiger partial charge in [-0.25, -0.2) is 13.5 Å². The van der Waals surface area contributed by atoms with Crippen LogP contribution in [-0.4, -0.2) is 28.1 Å². The van der Waals surface area contributed by atoms with Crippen molar-refractivity contribution in [1.82, 2.24) is 15.1 Å². The molecule has 0 radical (unpaired) electrons. The summed E-state index contributed by atoms with van der Waals surface area (Å²) in [6.45, 7) is 1.86. The molecule has 4 rings (SSSR count). The van der Waals surface area contributed by atoms with Crippen LogP contribution in [0.2, 0.25) is 0 Å². The lowest BCUT2D eigenvalue weighted by atomic mass is 10.1. The van der Waals surface area contributed by atoms with Crippen molar-refractivity contribution < 1.29 is 18.4 Å². The van der Waals surface area contributed by atoms with Crippen molar-refractivity contribution in [1.29, 1.82) is 0 Å². The lowest BCUT2D eigenvalue weighted by Gasteiger charge is -2.11. The quantitative estimate of drug-likeness (QED) is 0.439. The molecule has 3 aromatic carbocycles. The van der Waals surface area contributed by atoms with Crippen molar-refractivity contribution in [2.24, 2.45) is 0 Å². The Kier molecular flexibility index (Phi) is 6.44. The third kappa shape index (κ3) is 5.23. The van der Waals surface area contributed by atoms with Crippen molar-refractivity contribution in [2.75, 3.05) is 11.9 Å². The van der Waals surface area contributed by atoms with Gasteiger partial charge in [0.1, 0.15) is 17.5 Å². The maximum absolute atomic E-state index is 14.0. The molecule has 0 aliphatic carbocycles. The Labute approximate surface area is 189 Å².